The molecule has 0 radical (unpaired) electrons. The number of hydrogen-bond acceptors (Lipinski definition) is 4. The number of carbonyl (C=O) groups is 1. The van der Waals surface area contributed by atoms with Crippen molar-refractivity contribution in [3.8, 4) is 0 Å². The average Bonchev–Trinajstić information content (AvgIpc) is 2.92. The number of rotatable bonds is 6. The molecule has 0 saturated carbocycles. The highest BCUT2D eigenvalue weighted by Crippen LogP contribution is 2.07. The van der Waals surface area contributed by atoms with Crippen LogP contribution in [0, 0.1) is 0 Å². The van der Waals surface area contributed by atoms with Gasteiger partial charge in [0.2, 0.25) is 0 Å². The second-order valence-corrected chi connectivity index (χ2v) is 6.33. The third-order valence-electron chi connectivity index (χ3n) is 3.18. The quantitative estimate of drug-likeness (QED) is 0.889. The van der Waals surface area contributed by atoms with Gasteiger partial charge in [-0.1, -0.05) is 6.07 Å². The summed E-state index contributed by atoms with van der Waals surface area (Å²) < 4.78 is 7.30. The number of hydrogen-bond donors (Lipinski definition) is 1. The minimum Gasteiger partial charge on any atom is -0.444 e. The fourth-order valence-electron chi connectivity index (χ4n) is 2.15. The second kappa shape index (κ2) is 7.76. The molecule has 6 heteroatoms. The summed E-state index contributed by atoms with van der Waals surface area (Å²) in [5, 5.41) is 2.76. The van der Waals surface area contributed by atoms with E-state index in [0.29, 0.717) is 13.0 Å². The van der Waals surface area contributed by atoms with Gasteiger partial charge in [-0.3, -0.25) is 4.98 Å². The summed E-state index contributed by atoms with van der Waals surface area (Å²) in [5.41, 5.74) is 1.66. The van der Waals surface area contributed by atoms with Crippen LogP contribution in [0.2, 0.25) is 0 Å². The number of aryl methyl sites for hydroxylation is 2. The van der Waals surface area contributed by atoms with Gasteiger partial charge in [0.1, 0.15) is 5.60 Å². The molecule has 0 aromatic carbocycles. The molecule has 1 N–H and O–H groups in total. The standard InChI is InChI=1S/C17H24N4O2/c1-17(2,3)23-16(22)20-10-7-15-12-18-13-21(15)11-8-14-6-4-5-9-19-14/h4-6,9,12-13H,7-8,10-11H2,1-3H3,(H,20,22). The highest BCUT2D eigenvalue weighted by atomic mass is 16.6. The van der Waals surface area contributed by atoms with Crippen LogP contribution in [0.4, 0.5) is 4.79 Å². The highest BCUT2D eigenvalue weighted by Gasteiger charge is 2.15. The molecule has 6 nitrogen and oxygen atoms in total. The number of carbonyl (C=O) groups excluding carboxylic acids is 1. The number of aromatic nitrogens is 3. The van der Waals surface area contributed by atoms with Gasteiger partial charge >= 0.3 is 6.09 Å². The lowest BCUT2D eigenvalue weighted by atomic mass is 10.2. The monoisotopic (exact) mass is 316 g/mol. The van der Waals surface area contributed by atoms with Gasteiger partial charge < -0.3 is 14.6 Å². The Labute approximate surface area is 136 Å². The molecule has 0 aliphatic heterocycles. The van der Waals surface area contributed by atoms with Crippen molar-refractivity contribution >= 4 is 6.09 Å². The van der Waals surface area contributed by atoms with Gasteiger partial charge in [-0.15, -0.1) is 0 Å². The van der Waals surface area contributed by atoms with E-state index in [9.17, 15) is 4.79 Å². The van der Waals surface area contributed by atoms with Gasteiger partial charge in [-0.25, -0.2) is 9.78 Å². The molecule has 23 heavy (non-hydrogen) atoms. The van der Waals surface area contributed by atoms with Crippen molar-refractivity contribution in [2.75, 3.05) is 6.54 Å². The minimum atomic E-state index is -0.478. The van der Waals surface area contributed by atoms with E-state index in [1.165, 1.54) is 0 Å². The maximum absolute atomic E-state index is 11.6. The van der Waals surface area contributed by atoms with Gasteiger partial charge in [0.15, 0.2) is 0 Å². The third-order valence-corrected chi connectivity index (χ3v) is 3.18. The Morgan fingerprint density at radius 3 is 2.83 bits per heavy atom. The Morgan fingerprint density at radius 1 is 1.30 bits per heavy atom. The lowest BCUT2D eigenvalue weighted by molar-refractivity contribution is 0.0528. The Kier molecular flexibility index (Phi) is 5.73. The SMILES string of the molecule is CC(C)(C)OC(=O)NCCc1cncn1CCc1ccccn1. The van der Waals surface area contributed by atoms with E-state index in [0.717, 1.165) is 24.4 Å². The first-order valence-corrected chi connectivity index (χ1v) is 7.80. The molecule has 0 fully saturated rings. The summed E-state index contributed by atoms with van der Waals surface area (Å²) >= 11 is 0. The van der Waals surface area contributed by atoms with E-state index in [4.69, 9.17) is 4.74 Å². The summed E-state index contributed by atoms with van der Waals surface area (Å²) in [6, 6.07) is 5.91. The lowest BCUT2D eigenvalue weighted by Gasteiger charge is -2.19. The molecule has 0 aliphatic rings. The zero-order valence-electron chi connectivity index (χ0n) is 14.0. The van der Waals surface area contributed by atoms with E-state index in [1.807, 2.05) is 51.5 Å². The van der Waals surface area contributed by atoms with E-state index in [1.54, 1.807) is 6.20 Å². The van der Waals surface area contributed by atoms with E-state index in [2.05, 4.69) is 19.9 Å². The summed E-state index contributed by atoms with van der Waals surface area (Å²) in [6.45, 7) is 6.88. The Balaban J connectivity index is 1.78. The zero-order chi connectivity index (χ0) is 16.7. The van der Waals surface area contributed by atoms with Crippen molar-refractivity contribution in [1.29, 1.82) is 0 Å². The van der Waals surface area contributed by atoms with Crippen molar-refractivity contribution in [3.05, 3.63) is 48.3 Å². The fraction of sp³-hybridized carbons (Fsp3) is 0.471. The first kappa shape index (κ1) is 17.0. The number of nitrogens with one attached hydrogen (secondary N) is 1. The van der Waals surface area contributed by atoms with E-state index < -0.39 is 11.7 Å². The number of ether oxygens (including phenoxy) is 1. The fourth-order valence-corrected chi connectivity index (χ4v) is 2.15. The van der Waals surface area contributed by atoms with Gasteiger partial charge in [0.05, 0.1) is 6.33 Å². The van der Waals surface area contributed by atoms with E-state index >= 15 is 0 Å². The molecule has 2 rings (SSSR count). The summed E-state index contributed by atoms with van der Waals surface area (Å²) in [5.74, 6) is 0. The molecular weight excluding hydrogens is 292 g/mol. The first-order chi connectivity index (χ1) is 10.9. The summed E-state index contributed by atoms with van der Waals surface area (Å²) in [4.78, 5) is 20.1. The van der Waals surface area contributed by atoms with Crippen LogP contribution in [0.5, 0.6) is 0 Å². The summed E-state index contributed by atoms with van der Waals surface area (Å²) in [6.07, 6.45) is 6.61. The number of alkyl carbamates (subject to hydrolysis) is 1. The topological polar surface area (TPSA) is 69.0 Å². The van der Waals surface area contributed by atoms with Crippen LogP contribution in [-0.2, 0) is 24.1 Å². The predicted molar refractivity (Wildman–Crippen MR) is 88.1 cm³/mol. The molecule has 2 aromatic heterocycles. The smallest absolute Gasteiger partial charge is 0.407 e. The number of amides is 1. The highest BCUT2D eigenvalue weighted by molar-refractivity contribution is 5.67. The molecule has 2 heterocycles. The number of pyridine rings is 1. The van der Waals surface area contributed by atoms with Crippen LogP contribution < -0.4 is 5.32 Å². The largest absolute Gasteiger partial charge is 0.444 e. The van der Waals surface area contributed by atoms with Crippen LogP contribution in [-0.4, -0.2) is 32.8 Å². The molecular formula is C17H24N4O2. The van der Waals surface area contributed by atoms with Gasteiger partial charge in [0.25, 0.3) is 0 Å². The predicted octanol–water partition coefficient (Wildman–Crippen LogP) is 2.59. The van der Waals surface area contributed by atoms with Crippen LogP contribution >= 0.6 is 0 Å². The molecule has 0 bridgehead atoms. The van der Waals surface area contributed by atoms with Gasteiger partial charge in [0, 0.05) is 49.7 Å². The van der Waals surface area contributed by atoms with Gasteiger partial charge in [-0.05, 0) is 32.9 Å². The summed E-state index contributed by atoms with van der Waals surface area (Å²) in [7, 11) is 0. The second-order valence-electron chi connectivity index (χ2n) is 6.33. The lowest BCUT2D eigenvalue weighted by Crippen LogP contribution is -2.33. The van der Waals surface area contributed by atoms with Crippen LogP contribution in [0.3, 0.4) is 0 Å². The molecule has 0 spiro atoms. The van der Waals surface area contributed by atoms with Crippen molar-refractivity contribution in [2.45, 2.75) is 45.8 Å². The van der Waals surface area contributed by atoms with Crippen LogP contribution in [0.1, 0.15) is 32.2 Å². The zero-order valence-corrected chi connectivity index (χ0v) is 14.0. The Hall–Kier alpha value is -2.37. The minimum absolute atomic E-state index is 0.392. The van der Waals surface area contributed by atoms with Crippen LogP contribution in [0.25, 0.3) is 0 Å². The van der Waals surface area contributed by atoms with Crippen molar-refractivity contribution in [2.24, 2.45) is 0 Å². The molecule has 0 unspecified atom stereocenters. The van der Waals surface area contributed by atoms with Crippen LogP contribution in [0.15, 0.2) is 36.9 Å². The van der Waals surface area contributed by atoms with Crippen molar-refractivity contribution in [1.82, 2.24) is 19.9 Å². The molecule has 0 atom stereocenters. The maximum atomic E-state index is 11.6. The van der Waals surface area contributed by atoms with E-state index in [-0.39, 0.29) is 0 Å². The normalized spacial score (nSPS) is 11.3. The Morgan fingerprint density at radius 2 is 2.13 bits per heavy atom. The number of imidazole rings is 1. The van der Waals surface area contributed by atoms with Gasteiger partial charge in [-0.2, -0.15) is 0 Å². The van der Waals surface area contributed by atoms with Crippen molar-refractivity contribution < 1.29 is 9.53 Å². The first-order valence-electron chi connectivity index (χ1n) is 7.80. The Bertz CT molecular complexity index is 617. The number of nitrogens with zero attached hydrogens (tertiary/aromatic N) is 3. The maximum Gasteiger partial charge on any atom is 0.407 e. The molecule has 0 saturated heterocycles. The molecule has 1 amide bonds. The molecule has 0 aliphatic carbocycles. The molecule has 124 valence electrons. The average molecular weight is 316 g/mol. The molecule has 2 aromatic rings. The van der Waals surface area contributed by atoms with Crippen molar-refractivity contribution in [3.63, 3.8) is 0 Å². The third kappa shape index (κ3) is 6.10.